The lowest BCUT2D eigenvalue weighted by molar-refractivity contribution is 0.0692. The van der Waals surface area contributed by atoms with Crippen LogP contribution in [0.2, 0.25) is 0 Å². The first-order chi connectivity index (χ1) is 13.3. The van der Waals surface area contributed by atoms with Gasteiger partial charge in [0.2, 0.25) is 0 Å². The molecule has 0 heterocycles. The number of carbonyl (C=O) groups is 2. The summed E-state index contributed by atoms with van der Waals surface area (Å²) in [5, 5.41) is 28.8. The van der Waals surface area contributed by atoms with Crippen LogP contribution in [-0.2, 0) is 6.42 Å². The molecule has 150 valence electrons. The van der Waals surface area contributed by atoms with Crippen molar-refractivity contribution in [1.82, 2.24) is 0 Å². The van der Waals surface area contributed by atoms with Crippen LogP contribution in [0.15, 0.2) is 30.3 Å². The molecule has 0 atom stereocenters. The third-order valence-corrected chi connectivity index (χ3v) is 4.13. The van der Waals surface area contributed by atoms with Crippen LogP contribution < -0.4 is 9.47 Å². The van der Waals surface area contributed by atoms with E-state index in [1.54, 1.807) is 12.1 Å². The van der Waals surface area contributed by atoms with Crippen molar-refractivity contribution in [3.8, 4) is 23.0 Å². The Morgan fingerprint density at radius 3 is 2.36 bits per heavy atom. The molecule has 0 aliphatic rings. The molecule has 0 amide bonds. The molecular formula is C21H24O7. The number of benzene rings is 2. The fourth-order valence-electron chi connectivity index (χ4n) is 2.74. The van der Waals surface area contributed by atoms with Crippen LogP contribution in [0.3, 0.4) is 0 Å². The van der Waals surface area contributed by atoms with Crippen LogP contribution in [-0.4, -0.2) is 40.3 Å². The lowest BCUT2D eigenvalue weighted by atomic mass is 10.0. The molecule has 0 aliphatic carbocycles. The summed E-state index contributed by atoms with van der Waals surface area (Å²) in [5.74, 6) is -0.922. The van der Waals surface area contributed by atoms with E-state index in [0.29, 0.717) is 36.5 Å². The zero-order chi connectivity index (χ0) is 20.7. The number of hydrogen-bond donors (Lipinski definition) is 3. The maximum absolute atomic E-state index is 11.6. The Balaban J connectivity index is 1.93. The number of aromatic carboxylic acids is 1. The molecule has 0 saturated carbocycles. The molecule has 0 unspecified atom stereocenters. The van der Waals surface area contributed by atoms with Crippen molar-refractivity contribution < 1.29 is 34.4 Å². The van der Waals surface area contributed by atoms with Crippen molar-refractivity contribution in [3.05, 3.63) is 47.0 Å². The van der Waals surface area contributed by atoms with Crippen LogP contribution in [0.5, 0.6) is 23.0 Å². The van der Waals surface area contributed by atoms with Gasteiger partial charge >= 0.3 is 5.97 Å². The van der Waals surface area contributed by atoms with Gasteiger partial charge in [0.1, 0.15) is 28.6 Å². The molecule has 0 fully saturated rings. The molecule has 2 rings (SSSR count). The summed E-state index contributed by atoms with van der Waals surface area (Å²) in [6.07, 6.45) is 1.90. The molecule has 28 heavy (non-hydrogen) atoms. The SMILES string of the molecule is CCCc1c(OCCCOc2ccc(O)c(C(=O)O)c2)ccc(C(C)=O)c1O. The van der Waals surface area contributed by atoms with E-state index >= 15 is 0 Å². The predicted molar refractivity (Wildman–Crippen MR) is 103 cm³/mol. The van der Waals surface area contributed by atoms with Crippen LogP contribution in [0.4, 0.5) is 0 Å². The highest BCUT2D eigenvalue weighted by Crippen LogP contribution is 2.33. The molecule has 3 N–H and O–H groups in total. The second-order valence-corrected chi connectivity index (χ2v) is 6.28. The Labute approximate surface area is 163 Å². The molecule has 0 saturated heterocycles. The summed E-state index contributed by atoms with van der Waals surface area (Å²) in [7, 11) is 0. The lowest BCUT2D eigenvalue weighted by Crippen LogP contribution is -2.07. The van der Waals surface area contributed by atoms with Gasteiger partial charge in [-0.3, -0.25) is 4.79 Å². The Morgan fingerprint density at radius 1 is 1.00 bits per heavy atom. The zero-order valence-corrected chi connectivity index (χ0v) is 15.9. The van der Waals surface area contributed by atoms with Crippen molar-refractivity contribution in [2.45, 2.75) is 33.1 Å². The third kappa shape index (κ3) is 5.16. The summed E-state index contributed by atoms with van der Waals surface area (Å²) in [6.45, 7) is 3.98. The van der Waals surface area contributed by atoms with Gasteiger partial charge in [0.05, 0.1) is 18.8 Å². The monoisotopic (exact) mass is 388 g/mol. The third-order valence-electron chi connectivity index (χ3n) is 4.13. The van der Waals surface area contributed by atoms with Crippen LogP contribution in [0.25, 0.3) is 0 Å². The zero-order valence-electron chi connectivity index (χ0n) is 15.9. The van der Waals surface area contributed by atoms with Crippen molar-refractivity contribution in [3.63, 3.8) is 0 Å². The number of phenols is 2. The van der Waals surface area contributed by atoms with Gasteiger partial charge in [-0.1, -0.05) is 13.3 Å². The van der Waals surface area contributed by atoms with E-state index < -0.39 is 5.97 Å². The smallest absolute Gasteiger partial charge is 0.339 e. The highest BCUT2D eigenvalue weighted by molar-refractivity contribution is 5.97. The van der Waals surface area contributed by atoms with Gasteiger partial charge < -0.3 is 24.8 Å². The van der Waals surface area contributed by atoms with Gasteiger partial charge in [-0.25, -0.2) is 4.79 Å². The number of carboxylic acids is 1. The fraction of sp³-hybridized carbons (Fsp3) is 0.333. The molecular weight excluding hydrogens is 364 g/mol. The minimum Gasteiger partial charge on any atom is -0.507 e. The van der Waals surface area contributed by atoms with Crippen LogP contribution in [0, 0.1) is 0 Å². The lowest BCUT2D eigenvalue weighted by Gasteiger charge is -2.15. The van der Waals surface area contributed by atoms with Gasteiger partial charge in [-0.05, 0) is 43.7 Å². The van der Waals surface area contributed by atoms with Gasteiger partial charge in [0.15, 0.2) is 5.78 Å². The Kier molecular flexibility index (Phi) is 7.26. The minimum atomic E-state index is -1.23. The Hall–Kier alpha value is -3.22. The molecule has 0 radical (unpaired) electrons. The van der Waals surface area contributed by atoms with Gasteiger partial charge in [-0.15, -0.1) is 0 Å². The number of ketones is 1. The summed E-state index contributed by atoms with van der Waals surface area (Å²) < 4.78 is 11.2. The number of carboxylic acid groups (broad SMARTS) is 1. The fourth-order valence-corrected chi connectivity index (χ4v) is 2.74. The molecule has 7 heteroatoms. The molecule has 0 aromatic heterocycles. The number of carbonyl (C=O) groups excluding carboxylic acids is 1. The first kappa shape index (κ1) is 21.1. The standard InChI is InChI=1S/C21H24O7/c1-3-5-16-19(9-7-15(13(2)22)20(16)24)28-11-4-10-27-14-6-8-18(23)17(12-14)21(25)26/h6-9,12,23-24H,3-5,10-11H2,1-2H3,(H,25,26). The van der Waals surface area contributed by atoms with E-state index in [-0.39, 0.29) is 35.0 Å². The van der Waals surface area contributed by atoms with Crippen molar-refractivity contribution in [2.24, 2.45) is 0 Å². The number of Topliss-reactive ketones (excluding diaryl/α,β-unsaturated/α-hetero) is 1. The summed E-state index contributed by atoms with van der Waals surface area (Å²) >= 11 is 0. The average molecular weight is 388 g/mol. The van der Waals surface area contributed by atoms with Crippen molar-refractivity contribution >= 4 is 11.8 Å². The summed E-state index contributed by atoms with van der Waals surface area (Å²) in [4.78, 5) is 22.6. The number of hydrogen-bond acceptors (Lipinski definition) is 6. The van der Waals surface area contributed by atoms with E-state index in [4.69, 9.17) is 14.6 Å². The number of ether oxygens (including phenoxy) is 2. The first-order valence-electron chi connectivity index (χ1n) is 9.02. The predicted octanol–water partition coefficient (Wildman–Crippen LogP) is 3.80. The second kappa shape index (κ2) is 9.64. The minimum absolute atomic E-state index is 0.0339. The molecule has 2 aromatic carbocycles. The Bertz CT molecular complexity index is 858. The molecule has 2 aromatic rings. The second-order valence-electron chi connectivity index (χ2n) is 6.28. The van der Waals surface area contributed by atoms with Crippen molar-refractivity contribution in [2.75, 3.05) is 13.2 Å². The van der Waals surface area contributed by atoms with Gasteiger partial charge in [-0.2, -0.15) is 0 Å². The highest BCUT2D eigenvalue weighted by Gasteiger charge is 2.16. The maximum atomic E-state index is 11.6. The van der Waals surface area contributed by atoms with Crippen LogP contribution in [0.1, 0.15) is 53.0 Å². The van der Waals surface area contributed by atoms with E-state index in [2.05, 4.69) is 0 Å². The first-order valence-corrected chi connectivity index (χ1v) is 9.02. The van der Waals surface area contributed by atoms with Crippen LogP contribution >= 0.6 is 0 Å². The van der Waals surface area contributed by atoms with Crippen molar-refractivity contribution in [1.29, 1.82) is 0 Å². The van der Waals surface area contributed by atoms with Gasteiger partial charge in [0.25, 0.3) is 0 Å². The number of phenolic OH excluding ortho intramolecular Hbond substituents is 1. The number of rotatable bonds is 10. The largest absolute Gasteiger partial charge is 0.507 e. The average Bonchev–Trinajstić information content (AvgIpc) is 2.64. The molecule has 0 bridgehead atoms. The molecule has 7 nitrogen and oxygen atoms in total. The van der Waals surface area contributed by atoms with Gasteiger partial charge in [0, 0.05) is 12.0 Å². The summed E-state index contributed by atoms with van der Waals surface area (Å²) in [5.41, 5.74) is 0.667. The maximum Gasteiger partial charge on any atom is 0.339 e. The number of aromatic hydroxyl groups is 2. The van der Waals surface area contributed by atoms with E-state index in [1.165, 1.54) is 25.1 Å². The summed E-state index contributed by atoms with van der Waals surface area (Å²) in [6, 6.07) is 7.25. The highest BCUT2D eigenvalue weighted by atomic mass is 16.5. The molecule has 0 aliphatic heterocycles. The van der Waals surface area contributed by atoms with E-state index in [1.807, 2.05) is 6.92 Å². The Morgan fingerprint density at radius 2 is 1.71 bits per heavy atom. The molecule has 0 spiro atoms. The van der Waals surface area contributed by atoms with E-state index in [0.717, 1.165) is 6.42 Å². The normalized spacial score (nSPS) is 10.5. The quantitative estimate of drug-likeness (QED) is 0.419. The topological polar surface area (TPSA) is 113 Å². The van der Waals surface area contributed by atoms with E-state index in [9.17, 15) is 19.8 Å².